The van der Waals surface area contributed by atoms with Gasteiger partial charge in [-0.15, -0.1) is 0 Å². The second-order valence-electron chi connectivity index (χ2n) is 11.1. The standard InChI is InChI=1S/C32H34Cl2F3N3O4S/c1-21-14-16-26(17-15-21)45(43,44)40(25-11-6-8-23(18-25)32(35,36)37)20-30(41)39(19-27-28(33)12-7-13-29(27)34)22(2)31(42)38-24-9-4-3-5-10-24/h6-8,11-18,22,24H,3-5,9-10,19-20H2,1-2H3,(H,38,42). The number of carbonyl (C=O) groups is 2. The minimum Gasteiger partial charge on any atom is -0.352 e. The lowest BCUT2D eigenvalue weighted by Gasteiger charge is -2.33. The van der Waals surface area contributed by atoms with E-state index in [2.05, 4.69) is 5.32 Å². The Morgan fingerprint density at radius 3 is 2.16 bits per heavy atom. The molecule has 3 aromatic rings. The Hall–Kier alpha value is -3.28. The molecule has 45 heavy (non-hydrogen) atoms. The van der Waals surface area contributed by atoms with Gasteiger partial charge in [0.15, 0.2) is 0 Å². The third kappa shape index (κ3) is 8.51. The van der Waals surface area contributed by atoms with Gasteiger partial charge in [-0.25, -0.2) is 8.42 Å². The van der Waals surface area contributed by atoms with Crippen LogP contribution >= 0.6 is 23.2 Å². The third-order valence-electron chi connectivity index (χ3n) is 7.86. The SMILES string of the molecule is Cc1ccc(S(=O)(=O)N(CC(=O)N(Cc2c(Cl)cccc2Cl)C(C)C(=O)NC2CCCCC2)c2cccc(C(F)(F)F)c2)cc1. The van der Waals surface area contributed by atoms with E-state index in [1.54, 1.807) is 37.3 Å². The summed E-state index contributed by atoms with van der Waals surface area (Å²) in [6.45, 7) is 2.10. The van der Waals surface area contributed by atoms with Crippen molar-refractivity contribution in [3.05, 3.63) is 93.5 Å². The van der Waals surface area contributed by atoms with E-state index in [-0.39, 0.29) is 33.2 Å². The number of sulfonamides is 1. The molecule has 4 rings (SSSR count). The summed E-state index contributed by atoms with van der Waals surface area (Å²) in [5.41, 5.74) is -0.361. The van der Waals surface area contributed by atoms with Gasteiger partial charge in [-0.2, -0.15) is 13.2 Å². The number of alkyl halides is 3. The van der Waals surface area contributed by atoms with Gasteiger partial charge in [-0.1, -0.05) is 72.3 Å². The molecule has 0 radical (unpaired) electrons. The summed E-state index contributed by atoms with van der Waals surface area (Å²) in [7, 11) is -4.55. The molecule has 0 bridgehead atoms. The van der Waals surface area contributed by atoms with Crippen molar-refractivity contribution in [2.75, 3.05) is 10.8 Å². The lowest BCUT2D eigenvalue weighted by molar-refractivity contribution is -0.139. The smallest absolute Gasteiger partial charge is 0.352 e. The van der Waals surface area contributed by atoms with Crippen LogP contribution in [0.25, 0.3) is 0 Å². The highest BCUT2D eigenvalue weighted by Gasteiger charge is 2.36. The van der Waals surface area contributed by atoms with Crippen LogP contribution in [-0.2, 0) is 32.3 Å². The van der Waals surface area contributed by atoms with Gasteiger partial charge in [0, 0.05) is 28.2 Å². The Morgan fingerprint density at radius 1 is 0.956 bits per heavy atom. The molecule has 0 heterocycles. The van der Waals surface area contributed by atoms with Crippen molar-refractivity contribution in [3.63, 3.8) is 0 Å². The molecule has 3 aromatic carbocycles. The summed E-state index contributed by atoms with van der Waals surface area (Å²) in [5, 5.41) is 3.43. The van der Waals surface area contributed by atoms with Crippen LogP contribution in [-0.4, -0.2) is 43.8 Å². The Balaban J connectivity index is 1.75. The molecule has 13 heteroatoms. The van der Waals surface area contributed by atoms with E-state index in [1.807, 2.05) is 0 Å². The fourth-order valence-electron chi connectivity index (χ4n) is 5.21. The molecule has 1 aliphatic rings. The molecular weight excluding hydrogens is 650 g/mol. The van der Waals surface area contributed by atoms with E-state index in [9.17, 15) is 31.2 Å². The van der Waals surface area contributed by atoms with Crippen molar-refractivity contribution in [2.24, 2.45) is 0 Å². The van der Waals surface area contributed by atoms with E-state index < -0.39 is 46.2 Å². The van der Waals surface area contributed by atoms with Crippen molar-refractivity contribution in [1.29, 1.82) is 0 Å². The van der Waals surface area contributed by atoms with Gasteiger partial charge in [0.1, 0.15) is 12.6 Å². The van der Waals surface area contributed by atoms with Crippen LogP contribution in [0, 0.1) is 6.92 Å². The Morgan fingerprint density at radius 2 is 1.56 bits per heavy atom. The molecule has 0 aliphatic heterocycles. The predicted octanol–water partition coefficient (Wildman–Crippen LogP) is 7.38. The molecule has 7 nitrogen and oxygen atoms in total. The monoisotopic (exact) mass is 683 g/mol. The maximum absolute atomic E-state index is 14.1. The number of hydrogen-bond donors (Lipinski definition) is 1. The van der Waals surface area contributed by atoms with Gasteiger partial charge in [0.05, 0.1) is 16.1 Å². The lowest BCUT2D eigenvalue weighted by atomic mass is 9.95. The Bertz CT molecular complexity index is 1610. The first-order valence-electron chi connectivity index (χ1n) is 14.5. The quantitative estimate of drug-likeness (QED) is 0.242. The lowest BCUT2D eigenvalue weighted by Crippen LogP contribution is -2.53. The number of nitrogens with one attached hydrogen (secondary N) is 1. The zero-order valence-electron chi connectivity index (χ0n) is 24.8. The summed E-state index contributed by atoms with van der Waals surface area (Å²) < 4.78 is 69.6. The first-order chi connectivity index (χ1) is 21.2. The fourth-order valence-corrected chi connectivity index (χ4v) is 7.13. The summed E-state index contributed by atoms with van der Waals surface area (Å²) >= 11 is 12.8. The van der Waals surface area contributed by atoms with Crippen LogP contribution in [0.3, 0.4) is 0 Å². The fraction of sp³-hybridized carbons (Fsp3) is 0.375. The van der Waals surface area contributed by atoms with Crippen LogP contribution in [0.2, 0.25) is 10.0 Å². The number of benzene rings is 3. The van der Waals surface area contributed by atoms with Crippen LogP contribution < -0.4 is 9.62 Å². The predicted molar refractivity (Wildman–Crippen MR) is 169 cm³/mol. The highest BCUT2D eigenvalue weighted by Crippen LogP contribution is 2.34. The number of rotatable bonds is 10. The average molecular weight is 685 g/mol. The van der Waals surface area contributed by atoms with E-state index >= 15 is 0 Å². The number of nitrogens with zero attached hydrogens (tertiary/aromatic N) is 2. The molecule has 1 saturated carbocycles. The molecule has 1 unspecified atom stereocenters. The number of aryl methyl sites for hydroxylation is 1. The number of carbonyl (C=O) groups excluding carboxylic acids is 2. The topological polar surface area (TPSA) is 86.8 Å². The molecule has 0 saturated heterocycles. The van der Waals surface area contributed by atoms with Crippen molar-refractivity contribution < 1.29 is 31.2 Å². The minimum atomic E-state index is -4.77. The zero-order valence-corrected chi connectivity index (χ0v) is 27.1. The second-order valence-corrected chi connectivity index (χ2v) is 13.8. The second kappa shape index (κ2) is 14.4. The van der Waals surface area contributed by atoms with Crippen LogP contribution in [0.4, 0.5) is 18.9 Å². The maximum atomic E-state index is 14.1. The van der Waals surface area contributed by atoms with Crippen molar-refractivity contribution >= 4 is 50.7 Å². The highest BCUT2D eigenvalue weighted by atomic mass is 35.5. The zero-order chi connectivity index (χ0) is 32.9. The summed E-state index contributed by atoms with van der Waals surface area (Å²) in [6.07, 6.45) is -0.196. The number of anilines is 1. The van der Waals surface area contributed by atoms with Crippen LogP contribution in [0.1, 0.15) is 55.7 Å². The number of hydrogen-bond acceptors (Lipinski definition) is 4. The highest BCUT2D eigenvalue weighted by molar-refractivity contribution is 7.92. The molecule has 0 aromatic heterocycles. The molecule has 242 valence electrons. The van der Waals surface area contributed by atoms with Gasteiger partial charge in [-0.3, -0.25) is 13.9 Å². The van der Waals surface area contributed by atoms with Crippen LogP contribution in [0.5, 0.6) is 0 Å². The van der Waals surface area contributed by atoms with Gasteiger partial charge < -0.3 is 10.2 Å². The van der Waals surface area contributed by atoms with E-state index in [0.29, 0.717) is 15.9 Å². The number of halogens is 5. The van der Waals surface area contributed by atoms with E-state index in [1.165, 1.54) is 25.1 Å². The minimum absolute atomic E-state index is 0.0712. The molecule has 1 N–H and O–H groups in total. The summed E-state index contributed by atoms with van der Waals surface area (Å²) in [6, 6.07) is 13.0. The van der Waals surface area contributed by atoms with Gasteiger partial charge >= 0.3 is 6.18 Å². The van der Waals surface area contributed by atoms with E-state index in [0.717, 1.165) is 54.7 Å². The van der Waals surface area contributed by atoms with E-state index in [4.69, 9.17) is 23.2 Å². The molecule has 2 amide bonds. The normalized spacial score (nSPS) is 14.9. The molecule has 1 fully saturated rings. The first-order valence-corrected chi connectivity index (χ1v) is 16.7. The molecule has 1 atom stereocenters. The molecule has 0 spiro atoms. The van der Waals surface area contributed by atoms with Crippen molar-refractivity contribution in [1.82, 2.24) is 10.2 Å². The number of amides is 2. The largest absolute Gasteiger partial charge is 0.416 e. The average Bonchev–Trinajstić information content (AvgIpc) is 2.99. The molecule has 1 aliphatic carbocycles. The Labute approximate surface area is 271 Å². The third-order valence-corrected chi connectivity index (χ3v) is 10.4. The Kier molecular flexibility index (Phi) is 11.1. The molecular formula is C32H34Cl2F3N3O4S. The van der Waals surface area contributed by atoms with Gasteiger partial charge in [0.2, 0.25) is 11.8 Å². The first kappa shape index (κ1) is 34.6. The van der Waals surface area contributed by atoms with Crippen molar-refractivity contribution in [3.8, 4) is 0 Å². The van der Waals surface area contributed by atoms with Gasteiger partial charge in [-0.05, 0) is 69.2 Å². The summed E-state index contributed by atoms with van der Waals surface area (Å²) in [5.74, 6) is -1.30. The maximum Gasteiger partial charge on any atom is 0.416 e. The van der Waals surface area contributed by atoms with Crippen LogP contribution in [0.15, 0.2) is 71.6 Å². The van der Waals surface area contributed by atoms with Gasteiger partial charge in [0.25, 0.3) is 10.0 Å². The van der Waals surface area contributed by atoms with Crippen molar-refractivity contribution in [2.45, 2.75) is 75.7 Å². The summed E-state index contributed by atoms with van der Waals surface area (Å²) in [4.78, 5) is 28.5.